The molecule has 220 valence electrons. The molecular weight excluding hydrogens is 468 g/mol. The summed E-state index contributed by atoms with van der Waals surface area (Å²) in [4.78, 5) is 10.5. The van der Waals surface area contributed by atoms with Crippen molar-refractivity contribution < 1.29 is 15.0 Å². The van der Waals surface area contributed by atoms with E-state index in [0.29, 0.717) is 18.1 Å². The normalized spacial score (nSPS) is 13.1. The summed E-state index contributed by atoms with van der Waals surface area (Å²) < 4.78 is 0. The second-order valence-electron chi connectivity index (χ2n) is 13.8. The van der Waals surface area contributed by atoms with Crippen LogP contribution < -0.4 is 0 Å². The van der Waals surface area contributed by atoms with Gasteiger partial charge in [0, 0.05) is 6.42 Å². The summed E-state index contributed by atoms with van der Waals surface area (Å²) in [6.07, 6.45) is 22.0. The molecule has 3 heteroatoms. The first-order valence-corrected chi connectivity index (χ1v) is 16.0. The highest BCUT2D eigenvalue weighted by molar-refractivity contribution is 5.66. The number of aromatic hydroxyl groups is 1. The second kappa shape index (κ2) is 18.0. The Bertz CT molecular complexity index is 746. The van der Waals surface area contributed by atoms with Gasteiger partial charge in [0.05, 0.1) is 0 Å². The smallest absolute Gasteiger partial charge is 0.303 e. The number of hydrogen-bond donors (Lipinski definition) is 2. The molecule has 0 saturated carbocycles. The number of carboxylic acid groups (broad SMARTS) is 1. The number of carboxylic acids is 1. The van der Waals surface area contributed by atoms with Gasteiger partial charge in [0.2, 0.25) is 0 Å². The molecule has 1 aromatic carbocycles. The summed E-state index contributed by atoms with van der Waals surface area (Å²) in [5.74, 6) is 0.404. The molecule has 38 heavy (non-hydrogen) atoms. The van der Waals surface area contributed by atoms with Crippen molar-refractivity contribution in [2.75, 3.05) is 0 Å². The van der Waals surface area contributed by atoms with Crippen LogP contribution in [0.15, 0.2) is 12.1 Å². The molecule has 0 bridgehead atoms. The van der Waals surface area contributed by atoms with Gasteiger partial charge in [-0.2, -0.15) is 0 Å². The lowest BCUT2D eigenvalue weighted by atomic mass is 9.76. The fraction of sp³-hybridized carbons (Fsp3) is 0.800. The van der Waals surface area contributed by atoms with Gasteiger partial charge in [-0.25, -0.2) is 0 Å². The molecule has 0 radical (unpaired) electrons. The predicted molar refractivity (Wildman–Crippen MR) is 165 cm³/mol. The van der Waals surface area contributed by atoms with Crippen LogP contribution in [0.4, 0.5) is 0 Å². The zero-order valence-corrected chi connectivity index (χ0v) is 26.3. The van der Waals surface area contributed by atoms with Crippen molar-refractivity contribution in [2.24, 2.45) is 0 Å². The van der Waals surface area contributed by atoms with Gasteiger partial charge in [-0.05, 0) is 52.7 Å². The summed E-state index contributed by atoms with van der Waals surface area (Å²) in [6, 6.07) is 4.59. The SMILES string of the molecule is CCC(CCCCCCCCCCCCCCCCCC(=O)O)c1cc(C(C)(C)C)c(O)c(C(C)(C)C)c1. The molecular formula is C35H62O3. The third kappa shape index (κ3) is 14.0. The van der Waals surface area contributed by atoms with Crippen molar-refractivity contribution >= 4 is 5.97 Å². The van der Waals surface area contributed by atoms with E-state index < -0.39 is 5.97 Å². The van der Waals surface area contributed by atoms with Crippen molar-refractivity contribution in [3.05, 3.63) is 28.8 Å². The molecule has 0 aliphatic carbocycles. The minimum Gasteiger partial charge on any atom is -0.507 e. The van der Waals surface area contributed by atoms with Gasteiger partial charge >= 0.3 is 5.97 Å². The molecule has 0 fully saturated rings. The highest BCUT2D eigenvalue weighted by atomic mass is 16.4. The summed E-state index contributed by atoms with van der Waals surface area (Å²) in [5.41, 5.74) is 3.46. The molecule has 0 heterocycles. The van der Waals surface area contributed by atoms with E-state index in [-0.39, 0.29) is 10.8 Å². The predicted octanol–water partition coefficient (Wildman–Crippen LogP) is 11.2. The lowest BCUT2D eigenvalue weighted by molar-refractivity contribution is -0.137. The highest BCUT2D eigenvalue weighted by Gasteiger charge is 2.27. The molecule has 0 amide bonds. The minimum absolute atomic E-state index is 0.0666. The van der Waals surface area contributed by atoms with Crippen molar-refractivity contribution in [1.29, 1.82) is 0 Å². The Hall–Kier alpha value is -1.51. The third-order valence-corrected chi connectivity index (χ3v) is 8.16. The fourth-order valence-corrected chi connectivity index (χ4v) is 5.61. The number of hydrogen-bond acceptors (Lipinski definition) is 2. The van der Waals surface area contributed by atoms with E-state index in [2.05, 4.69) is 60.6 Å². The van der Waals surface area contributed by atoms with E-state index in [1.807, 2.05) is 0 Å². The summed E-state index contributed by atoms with van der Waals surface area (Å²) in [6.45, 7) is 15.5. The Morgan fingerprint density at radius 1 is 0.658 bits per heavy atom. The third-order valence-electron chi connectivity index (χ3n) is 8.16. The number of phenolic OH excluding ortho intramolecular Hbond substituents is 1. The molecule has 3 nitrogen and oxygen atoms in total. The van der Waals surface area contributed by atoms with Crippen LogP contribution in [0.3, 0.4) is 0 Å². The average molecular weight is 531 g/mol. The molecule has 0 aromatic heterocycles. The monoisotopic (exact) mass is 530 g/mol. The Labute approximate surface area is 236 Å². The molecule has 0 aliphatic heterocycles. The summed E-state index contributed by atoms with van der Waals surface area (Å²) in [5, 5.41) is 19.7. The fourth-order valence-electron chi connectivity index (χ4n) is 5.61. The van der Waals surface area contributed by atoms with E-state index in [1.54, 1.807) is 0 Å². The number of phenols is 1. The molecule has 0 aliphatic rings. The molecule has 1 aromatic rings. The highest BCUT2D eigenvalue weighted by Crippen LogP contribution is 2.42. The van der Waals surface area contributed by atoms with Crippen LogP contribution in [0.1, 0.15) is 187 Å². The molecule has 0 spiro atoms. The van der Waals surface area contributed by atoms with Gasteiger partial charge in [-0.3, -0.25) is 4.79 Å². The summed E-state index contributed by atoms with van der Waals surface area (Å²) >= 11 is 0. The van der Waals surface area contributed by atoms with E-state index in [0.717, 1.165) is 30.4 Å². The van der Waals surface area contributed by atoms with Crippen LogP contribution in [-0.4, -0.2) is 16.2 Å². The maximum Gasteiger partial charge on any atom is 0.303 e. The van der Waals surface area contributed by atoms with E-state index in [1.165, 1.54) is 95.5 Å². The number of benzene rings is 1. The standard InChI is InChI=1S/C35H62O3/c1-8-28(29-26-30(34(2,3)4)33(38)31(27-29)35(5,6)7)24-22-20-18-16-14-12-10-9-11-13-15-17-19-21-23-25-32(36)37/h26-28,38H,8-25H2,1-7H3,(H,36,37). The van der Waals surface area contributed by atoms with Crippen LogP contribution >= 0.6 is 0 Å². The van der Waals surface area contributed by atoms with Crippen LogP contribution in [0.25, 0.3) is 0 Å². The Morgan fingerprint density at radius 3 is 1.32 bits per heavy atom. The zero-order valence-electron chi connectivity index (χ0n) is 26.3. The van der Waals surface area contributed by atoms with E-state index >= 15 is 0 Å². The topological polar surface area (TPSA) is 57.5 Å². The van der Waals surface area contributed by atoms with Crippen LogP contribution in [-0.2, 0) is 15.6 Å². The Kier molecular flexibility index (Phi) is 16.3. The Balaban J connectivity index is 2.24. The van der Waals surface area contributed by atoms with E-state index in [9.17, 15) is 9.90 Å². The maximum absolute atomic E-state index is 11.1. The van der Waals surface area contributed by atoms with Crippen LogP contribution in [0, 0.1) is 0 Å². The van der Waals surface area contributed by atoms with Gasteiger partial charge in [-0.1, -0.05) is 150 Å². The largest absolute Gasteiger partial charge is 0.507 e. The first-order valence-electron chi connectivity index (χ1n) is 16.0. The van der Waals surface area contributed by atoms with Gasteiger partial charge < -0.3 is 10.2 Å². The van der Waals surface area contributed by atoms with E-state index in [4.69, 9.17) is 5.11 Å². The van der Waals surface area contributed by atoms with Crippen molar-refractivity contribution in [3.63, 3.8) is 0 Å². The average Bonchev–Trinajstić information content (AvgIpc) is 2.82. The molecule has 0 saturated heterocycles. The molecule has 1 atom stereocenters. The van der Waals surface area contributed by atoms with Gasteiger partial charge in [0.25, 0.3) is 0 Å². The van der Waals surface area contributed by atoms with Gasteiger partial charge in [-0.15, -0.1) is 0 Å². The van der Waals surface area contributed by atoms with Crippen LogP contribution in [0.2, 0.25) is 0 Å². The first-order chi connectivity index (χ1) is 17.9. The maximum atomic E-state index is 11.1. The van der Waals surface area contributed by atoms with Crippen molar-refractivity contribution in [2.45, 2.75) is 181 Å². The van der Waals surface area contributed by atoms with Crippen LogP contribution in [0.5, 0.6) is 5.75 Å². The lowest BCUT2D eigenvalue weighted by Gasteiger charge is -2.30. The quantitative estimate of drug-likeness (QED) is 0.165. The second-order valence-corrected chi connectivity index (χ2v) is 13.8. The van der Waals surface area contributed by atoms with Crippen molar-refractivity contribution in [1.82, 2.24) is 0 Å². The summed E-state index contributed by atoms with van der Waals surface area (Å²) in [7, 11) is 0. The zero-order chi connectivity index (χ0) is 28.6. The number of rotatable bonds is 20. The first kappa shape index (κ1) is 34.5. The van der Waals surface area contributed by atoms with Crippen molar-refractivity contribution in [3.8, 4) is 5.75 Å². The minimum atomic E-state index is -0.662. The van der Waals surface area contributed by atoms with Gasteiger partial charge in [0.15, 0.2) is 0 Å². The number of aliphatic carboxylic acids is 1. The number of unbranched alkanes of at least 4 members (excludes halogenated alkanes) is 14. The molecule has 2 N–H and O–H groups in total. The Morgan fingerprint density at radius 2 is 1.00 bits per heavy atom. The van der Waals surface area contributed by atoms with Gasteiger partial charge in [0.1, 0.15) is 5.75 Å². The molecule has 1 unspecified atom stereocenters. The number of carbonyl (C=O) groups is 1. The molecule has 1 rings (SSSR count). The lowest BCUT2D eigenvalue weighted by Crippen LogP contribution is -2.18.